The van der Waals surface area contributed by atoms with Crippen LogP contribution in [0.25, 0.3) is 33.2 Å². The number of pyridine rings is 2. The van der Waals surface area contributed by atoms with E-state index in [4.69, 9.17) is 4.98 Å². The summed E-state index contributed by atoms with van der Waals surface area (Å²) in [4.78, 5) is 21.1. The van der Waals surface area contributed by atoms with E-state index in [2.05, 4.69) is 74.3 Å². The van der Waals surface area contributed by atoms with E-state index in [9.17, 15) is 9.90 Å². The number of ketones is 1. The summed E-state index contributed by atoms with van der Waals surface area (Å²) >= 11 is 0. The van der Waals surface area contributed by atoms with Crippen molar-refractivity contribution in [2.45, 2.75) is 92.9 Å². The molecule has 2 heterocycles. The molecule has 0 unspecified atom stereocenters. The monoisotopic (exact) mass is 768 g/mol. The molecule has 4 aromatic rings. The Balaban J connectivity index is 0.000000286. The molecule has 0 saturated heterocycles. The summed E-state index contributed by atoms with van der Waals surface area (Å²) in [5.74, 6) is 0.995. The zero-order valence-corrected chi connectivity index (χ0v) is 29.7. The number of aryl methyl sites for hydroxylation is 3. The number of carbonyl (C=O) groups excluding carboxylic acids is 1. The van der Waals surface area contributed by atoms with Crippen LogP contribution in [0.1, 0.15) is 95.5 Å². The van der Waals surface area contributed by atoms with Gasteiger partial charge in [-0.05, 0) is 74.1 Å². The molecule has 0 bridgehead atoms. The van der Waals surface area contributed by atoms with E-state index in [-0.39, 0.29) is 43.5 Å². The van der Waals surface area contributed by atoms with E-state index in [1.54, 1.807) is 0 Å². The van der Waals surface area contributed by atoms with Crippen LogP contribution in [0, 0.1) is 24.8 Å². The van der Waals surface area contributed by atoms with Gasteiger partial charge in [0.15, 0.2) is 5.78 Å². The van der Waals surface area contributed by atoms with E-state index in [0.717, 1.165) is 60.9 Å². The normalized spacial score (nSPS) is 12.5. The Kier molecular flexibility index (Phi) is 13.1. The Hall–Kier alpha value is -3.14. The molecular weight excluding hydrogens is 721 g/mol. The fraction of sp³-hybridized carbons (Fsp3) is 0.410. The first-order valence-electron chi connectivity index (χ1n) is 16.0. The molecule has 5 heteroatoms. The smallest absolute Gasteiger partial charge is 0.162 e. The molecule has 1 radical (unpaired) electrons. The van der Waals surface area contributed by atoms with Crippen LogP contribution in [0.2, 0.25) is 0 Å². The van der Waals surface area contributed by atoms with Crippen LogP contribution < -0.4 is 0 Å². The number of allylic oxidation sites excluding steroid dienone is 2. The second kappa shape index (κ2) is 16.3. The SMILES string of the molecule is CCC(CC)C(=O)/C=C(\O)C(CC)CC.Cc1cc2c(cn1)-c1cc(-c3[c-]c4ccccc4c(C(C)C)c3)ncc1CC2.[Ir]. The maximum atomic E-state index is 11.7. The van der Waals surface area contributed by atoms with Gasteiger partial charge in [0, 0.05) is 67.4 Å². The van der Waals surface area contributed by atoms with Gasteiger partial charge in [-0.25, -0.2) is 0 Å². The van der Waals surface area contributed by atoms with Crippen molar-refractivity contribution in [3.63, 3.8) is 0 Å². The number of carbonyl (C=O) groups is 1. The van der Waals surface area contributed by atoms with Crippen LogP contribution in [-0.2, 0) is 37.7 Å². The quantitative estimate of drug-likeness (QED) is 0.105. The summed E-state index contributed by atoms with van der Waals surface area (Å²) in [7, 11) is 0. The Morgan fingerprint density at radius 2 is 1.55 bits per heavy atom. The van der Waals surface area contributed by atoms with Crippen molar-refractivity contribution in [1.29, 1.82) is 0 Å². The number of aliphatic hydroxyl groups excluding tert-OH is 1. The van der Waals surface area contributed by atoms with Crippen LogP contribution in [0.4, 0.5) is 0 Å². The van der Waals surface area contributed by atoms with Crippen molar-refractivity contribution in [1.82, 2.24) is 9.97 Å². The molecule has 44 heavy (non-hydrogen) atoms. The van der Waals surface area contributed by atoms with Crippen LogP contribution in [0.5, 0.6) is 0 Å². The number of aromatic nitrogens is 2. The van der Waals surface area contributed by atoms with E-state index in [1.165, 1.54) is 39.3 Å². The molecule has 0 amide bonds. The van der Waals surface area contributed by atoms with Gasteiger partial charge in [-0.15, -0.1) is 29.1 Å². The second-order valence-corrected chi connectivity index (χ2v) is 12.0. The van der Waals surface area contributed by atoms with Gasteiger partial charge in [0.25, 0.3) is 0 Å². The molecule has 2 aromatic carbocycles. The van der Waals surface area contributed by atoms with Crippen molar-refractivity contribution < 1.29 is 30.0 Å². The second-order valence-electron chi connectivity index (χ2n) is 12.0. The van der Waals surface area contributed by atoms with Gasteiger partial charge in [-0.3, -0.25) is 14.8 Å². The van der Waals surface area contributed by atoms with Gasteiger partial charge in [0.05, 0.1) is 5.76 Å². The average Bonchev–Trinajstić information content (AvgIpc) is 3.01. The first kappa shape index (κ1) is 35.3. The molecule has 2 aromatic heterocycles. The van der Waals surface area contributed by atoms with Crippen LogP contribution in [0.15, 0.2) is 66.7 Å². The van der Waals surface area contributed by atoms with Crippen molar-refractivity contribution in [3.05, 3.63) is 95.1 Å². The minimum absolute atomic E-state index is 0. The molecule has 0 fully saturated rings. The summed E-state index contributed by atoms with van der Waals surface area (Å²) in [5.41, 5.74) is 9.71. The predicted molar refractivity (Wildman–Crippen MR) is 179 cm³/mol. The number of nitrogens with zero attached hydrogens (tertiary/aromatic N) is 2. The molecule has 4 nitrogen and oxygen atoms in total. The van der Waals surface area contributed by atoms with Crippen molar-refractivity contribution in [2.24, 2.45) is 11.8 Å². The third-order valence-electron chi connectivity index (χ3n) is 8.85. The van der Waals surface area contributed by atoms with Crippen molar-refractivity contribution in [2.75, 3.05) is 0 Å². The van der Waals surface area contributed by atoms with Gasteiger partial charge < -0.3 is 5.11 Å². The molecule has 1 N–H and O–H groups in total. The minimum Gasteiger partial charge on any atom is -0.512 e. The van der Waals surface area contributed by atoms with Crippen molar-refractivity contribution in [3.8, 4) is 22.4 Å². The third-order valence-corrected chi connectivity index (χ3v) is 8.85. The van der Waals surface area contributed by atoms with Crippen molar-refractivity contribution >= 4 is 16.6 Å². The molecule has 235 valence electrons. The van der Waals surface area contributed by atoms with E-state index < -0.39 is 0 Å². The maximum absolute atomic E-state index is 11.7. The van der Waals surface area contributed by atoms with E-state index >= 15 is 0 Å². The maximum Gasteiger partial charge on any atom is 0.162 e. The third kappa shape index (κ3) is 8.11. The zero-order chi connectivity index (χ0) is 31.1. The van der Waals surface area contributed by atoms with Crippen LogP contribution in [0.3, 0.4) is 0 Å². The Morgan fingerprint density at radius 3 is 2.20 bits per heavy atom. The average molecular weight is 768 g/mol. The number of hydrogen-bond acceptors (Lipinski definition) is 4. The summed E-state index contributed by atoms with van der Waals surface area (Å²) < 4.78 is 0. The number of hydrogen-bond donors (Lipinski definition) is 1. The molecule has 0 saturated carbocycles. The molecule has 1 aliphatic carbocycles. The number of aliphatic hydroxyl groups is 1. The molecule has 5 rings (SSSR count). The minimum atomic E-state index is 0. The van der Waals surface area contributed by atoms with E-state index in [1.807, 2.05) is 40.1 Å². The van der Waals surface area contributed by atoms with Gasteiger partial charge in [0.1, 0.15) is 0 Å². The summed E-state index contributed by atoms with van der Waals surface area (Å²) in [6.45, 7) is 14.6. The molecular formula is C39H47IrN2O2-. The Morgan fingerprint density at radius 1 is 0.886 bits per heavy atom. The molecule has 0 aliphatic heterocycles. The van der Waals surface area contributed by atoms with Gasteiger partial charge in [-0.2, -0.15) is 0 Å². The number of rotatable bonds is 9. The number of benzene rings is 2. The standard InChI is InChI=1S/C26H23N2.C13H24O2.Ir/c1-16(2)23-12-21(11-18-6-4-5-7-22(18)23)26-13-24-20(14-28-26)9-8-19-10-17(3)27-15-25(19)24;1-5-10(6-2)12(14)9-13(15)11(7-3)8-4;/h4-7,10,12-16H,8-9H2,1-3H3;9-11,14H,5-8H2,1-4H3;/q-1;;/b;12-9-;. The first-order valence-corrected chi connectivity index (χ1v) is 16.0. The predicted octanol–water partition coefficient (Wildman–Crippen LogP) is 10.2. The Bertz CT molecular complexity index is 1600. The molecule has 0 atom stereocenters. The van der Waals surface area contributed by atoms with Gasteiger partial charge in [0.2, 0.25) is 0 Å². The largest absolute Gasteiger partial charge is 0.512 e. The number of fused-ring (bicyclic) bond motifs is 4. The van der Waals surface area contributed by atoms with Crippen LogP contribution in [-0.4, -0.2) is 20.9 Å². The van der Waals surface area contributed by atoms with Crippen LogP contribution >= 0.6 is 0 Å². The Labute approximate surface area is 277 Å². The van der Waals surface area contributed by atoms with Gasteiger partial charge >= 0.3 is 0 Å². The zero-order valence-electron chi connectivity index (χ0n) is 27.3. The topological polar surface area (TPSA) is 63.1 Å². The summed E-state index contributed by atoms with van der Waals surface area (Å²) in [5, 5.41) is 12.2. The summed E-state index contributed by atoms with van der Waals surface area (Å²) in [6, 6.07) is 18.8. The molecule has 0 spiro atoms. The van der Waals surface area contributed by atoms with E-state index in [0.29, 0.717) is 5.92 Å². The summed E-state index contributed by atoms with van der Waals surface area (Å²) in [6.07, 6.45) is 11.1. The fourth-order valence-electron chi connectivity index (χ4n) is 6.07. The van der Waals surface area contributed by atoms with Gasteiger partial charge in [-0.1, -0.05) is 76.8 Å². The fourth-order valence-corrected chi connectivity index (χ4v) is 6.07. The first-order chi connectivity index (χ1) is 20.7. The molecule has 1 aliphatic rings.